The quantitative estimate of drug-likeness (QED) is 0.320. The summed E-state index contributed by atoms with van der Waals surface area (Å²) in [6, 6.07) is 8.42. The lowest BCUT2D eigenvalue weighted by molar-refractivity contribution is -0.384. The minimum atomic E-state index is -0.678. The average Bonchev–Trinajstić information content (AvgIpc) is 3.20. The van der Waals surface area contributed by atoms with Crippen molar-refractivity contribution < 1.29 is 28.3 Å². The smallest absolute Gasteiger partial charge is 0.338 e. The molecule has 0 unspecified atom stereocenters. The Kier molecular flexibility index (Phi) is 5.93. The molecule has 0 N–H and O–H groups in total. The van der Waals surface area contributed by atoms with Crippen molar-refractivity contribution >= 4 is 23.3 Å². The maximum absolute atomic E-state index is 12.3. The minimum absolute atomic E-state index is 0.0540. The fourth-order valence-corrected chi connectivity index (χ4v) is 2.69. The first-order valence-electron chi connectivity index (χ1n) is 8.08. The molecular weight excluding hydrogens is 406 g/mol. The van der Waals surface area contributed by atoms with Crippen LogP contribution in [0, 0.1) is 10.1 Å². The first kappa shape index (κ1) is 20.1. The first-order chi connectivity index (χ1) is 13.9. The van der Waals surface area contributed by atoms with Gasteiger partial charge in [0.1, 0.15) is 0 Å². The summed E-state index contributed by atoms with van der Waals surface area (Å²) in [5.74, 6) is 0.0990. The molecular formula is C18H14ClN3O7. The van der Waals surface area contributed by atoms with Crippen molar-refractivity contribution in [2.24, 2.45) is 0 Å². The van der Waals surface area contributed by atoms with Crippen molar-refractivity contribution in [3.8, 4) is 23.0 Å². The van der Waals surface area contributed by atoms with Crippen molar-refractivity contribution in [1.82, 2.24) is 10.2 Å². The van der Waals surface area contributed by atoms with Gasteiger partial charge in [-0.15, -0.1) is 10.2 Å². The third-order valence-electron chi connectivity index (χ3n) is 3.79. The zero-order chi connectivity index (χ0) is 21.0. The highest BCUT2D eigenvalue weighted by Crippen LogP contribution is 2.36. The van der Waals surface area contributed by atoms with E-state index in [1.807, 2.05) is 0 Å². The number of rotatable bonds is 7. The van der Waals surface area contributed by atoms with Gasteiger partial charge in [0.05, 0.1) is 29.7 Å². The van der Waals surface area contributed by atoms with Crippen LogP contribution in [0.2, 0.25) is 5.02 Å². The van der Waals surface area contributed by atoms with E-state index in [4.69, 9.17) is 30.2 Å². The van der Waals surface area contributed by atoms with Crippen LogP contribution in [-0.4, -0.2) is 35.3 Å². The number of carbonyl (C=O) groups excluding carboxylic acids is 1. The molecule has 150 valence electrons. The Morgan fingerprint density at radius 1 is 1.17 bits per heavy atom. The molecule has 0 radical (unpaired) electrons. The van der Waals surface area contributed by atoms with E-state index in [9.17, 15) is 14.9 Å². The van der Waals surface area contributed by atoms with E-state index in [0.717, 1.165) is 0 Å². The fraction of sp³-hybridized carbons (Fsp3) is 0.167. The predicted molar refractivity (Wildman–Crippen MR) is 100 cm³/mol. The van der Waals surface area contributed by atoms with Crippen LogP contribution in [0.25, 0.3) is 11.5 Å². The van der Waals surface area contributed by atoms with Crippen LogP contribution in [0.3, 0.4) is 0 Å². The normalized spacial score (nSPS) is 10.4. The Morgan fingerprint density at radius 2 is 1.90 bits per heavy atom. The molecule has 11 heteroatoms. The molecule has 3 rings (SSSR count). The second-order valence-corrected chi connectivity index (χ2v) is 5.98. The Hall–Kier alpha value is -3.66. The third-order valence-corrected chi connectivity index (χ3v) is 4.07. The number of nitro groups is 1. The van der Waals surface area contributed by atoms with Gasteiger partial charge in [0.2, 0.25) is 5.89 Å². The molecule has 0 atom stereocenters. The van der Waals surface area contributed by atoms with Crippen molar-refractivity contribution in [2.45, 2.75) is 6.61 Å². The van der Waals surface area contributed by atoms with Crippen LogP contribution >= 0.6 is 11.6 Å². The second kappa shape index (κ2) is 8.57. The first-order valence-corrected chi connectivity index (χ1v) is 8.46. The standard InChI is InChI=1S/C18H14ClN3O7/c1-26-14-8-11(7-13(19)16(14)27-2)18(23)28-9-15-20-21-17(29-15)10-3-5-12(6-4-10)22(24)25/h3-8H,9H2,1-2H3. The van der Waals surface area contributed by atoms with Crippen LogP contribution in [0.1, 0.15) is 16.2 Å². The third kappa shape index (κ3) is 4.43. The van der Waals surface area contributed by atoms with Gasteiger partial charge in [0, 0.05) is 17.7 Å². The Bertz CT molecular complexity index is 1050. The number of benzene rings is 2. The summed E-state index contributed by atoms with van der Waals surface area (Å²) in [5, 5.41) is 18.5. The van der Waals surface area contributed by atoms with Crippen LogP contribution in [0.5, 0.6) is 11.5 Å². The molecule has 29 heavy (non-hydrogen) atoms. The highest BCUT2D eigenvalue weighted by molar-refractivity contribution is 6.32. The lowest BCUT2D eigenvalue weighted by atomic mass is 10.2. The highest BCUT2D eigenvalue weighted by Gasteiger charge is 2.18. The minimum Gasteiger partial charge on any atom is -0.493 e. The summed E-state index contributed by atoms with van der Waals surface area (Å²) in [7, 11) is 2.85. The Morgan fingerprint density at radius 3 is 2.52 bits per heavy atom. The molecule has 0 amide bonds. The summed E-state index contributed by atoms with van der Waals surface area (Å²) in [4.78, 5) is 22.5. The summed E-state index contributed by atoms with van der Waals surface area (Å²) in [6.45, 7) is -0.273. The van der Waals surface area contributed by atoms with E-state index in [2.05, 4.69) is 10.2 Å². The van der Waals surface area contributed by atoms with Gasteiger partial charge in [0.25, 0.3) is 11.6 Å². The summed E-state index contributed by atoms with van der Waals surface area (Å²) in [5.41, 5.74) is 0.589. The molecule has 0 aliphatic heterocycles. The fourth-order valence-electron chi connectivity index (χ4n) is 2.40. The van der Waals surface area contributed by atoms with Gasteiger partial charge in [-0.25, -0.2) is 4.79 Å². The number of hydrogen-bond donors (Lipinski definition) is 0. The number of nitrogens with zero attached hydrogens (tertiary/aromatic N) is 3. The van der Waals surface area contributed by atoms with Crippen molar-refractivity contribution in [1.29, 1.82) is 0 Å². The largest absolute Gasteiger partial charge is 0.493 e. The highest BCUT2D eigenvalue weighted by atomic mass is 35.5. The Labute approximate surface area is 169 Å². The number of nitro benzene ring substituents is 1. The van der Waals surface area contributed by atoms with E-state index < -0.39 is 10.9 Å². The molecule has 2 aromatic carbocycles. The van der Waals surface area contributed by atoms with Crippen molar-refractivity contribution in [2.75, 3.05) is 14.2 Å². The molecule has 1 heterocycles. The maximum atomic E-state index is 12.3. The lowest BCUT2D eigenvalue weighted by Crippen LogP contribution is -2.06. The second-order valence-electron chi connectivity index (χ2n) is 5.57. The van der Waals surface area contributed by atoms with Gasteiger partial charge in [-0.1, -0.05) is 11.6 Å². The summed E-state index contributed by atoms with van der Waals surface area (Å²) < 4.78 is 20.8. The number of aromatic nitrogens is 2. The molecule has 0 spiro atoms. The van der Waals surface area contributed by atoms with Crippen LogP contribution in [-0.2, 0) is 11.3 Å². The van der Waals surface area contributed by atoms with Crippen molar-refractivity contribution in [3.05, 3.63) is 63.0 Å². The van der Waals surface area contributed by atoms with Crippen molar-refractivity contribution in [3.63, 3.8) is 0 Å². The average molecular weight is 420 g/mol. The number of hydrogen-bond acceptors (Lipinski definition) is 9. The van der Waals surface area contributed by atoms with E-state index in [1.54, 1.807) is 0 Å². The van der Waals surface area contributed by atoms with Gasteiger partial charge in [-0.05, 0) is 24.3 Å². The molecule has 0 aliphatic carbocycles. The van der Waals surface area contributed by atoms with E-state index >= 15 is 0 Å². The number of carbonyl (C=O) groups is 1. The number of methoxy groups -OCH3 is 2. The SMILES string of the molecule is COc1cc(C(=O)OCc2nnc(-c3ccc([N+](=O)[O-])cc3)o2)cc(Cl)c1OC. The number of halogens is 1. The van der Waals surface area contributed by atoms with E-state index in [0.29, 0.717) is 11.3 Å². The molecule has 3 aromatic rings. The number of ether oxygens (including phenoxy) is 3. The molecule has 1 aromatic heterocycles. The lowest BCUT2D eigenvalue weighted by Gasteiger charge is -2.11. The molecule has 0 saturated carbocycles. The predicted octanol–water partition coefficient (Wildman–Crippen LogP) is 3.67. The summed E-state index contributed by atoms with van der Waals surface area (Å²) >= 11 is 6.08. The van der Waals surface area contributed by atoms with E-state index in [-0.39, 0.29) is 40.4 Å². The van der Waals surface area contributed by atoms with Gasteiger partial charge in [-0.2, -0.15) is 0 Å². The maximum Gasteiger partial charge on any atom is 0.338 e. The molecule has 0 bridgehead atoms. The number of non-ortho nitro benzene ring substituents is 1. The molecule has 0 fully saturated rings. The molecule has 0 aliphatic rings. The van der Waals surface area contributed by atoms with Crippen LogP contribution in [0.4, 0.5) is 5.69 Å². The van der Waals surface area contributed by atoms with Crippen LogP contribution < -0.4 is 9.47 Å². The van der Waals surface area contributed by atoms with Gasteiger partial charge >= 0.3 is 5.97 Å². The topological polar surface area (TPSA) is 127 Å². The zero-order valence-electron chi connectivity index (χ0n) is 15.2. The Balaban J connectivity index is 1.68. The summed E-state index contributed by atoms with van der Waals surface area (Å²) in [6.07, 6.45) is 0. The monoisotopic (exact) mass is 419 g/mol. The van der Waals surface area contributed by atoms with Gasteiger partial charge in [0.15, 0.2) is 18.1 Å². The molecule has 0 saturated heterocycles. The molecule has 10 nitrogen and oxygen atoms in total. The van der Waals surface area contributed by atoms with Crippen LogP contribution in [0.15, 0.2) is 40.8 Å². The van der Waals surface area contributed by atoms with Gasteiger partial charge < -0.3 is 18.6 Å². The number of esters is 1. The van der Waals surface area contributed by atoms with Gasteiger partial charge in [-0.3, -0.25) is 10.1 Å². The van der Waals surface area contributed by atoms with E-state index in [1.165, 1.54) is 50.6 Å². The zero-order valence-corrected chi connectivity index (χ0v) is 16.0.